The largest absolute Gasteiger partial charge is 0.226 e. The molecular weight excluding hydrogens is 304 g/mol. The SMILES string of the molecule is Clc1ncc(-c2ccc3ccc4cccc5ccc2c3c45)cn1. The molecule has 3 heteroatoms. The Labute approximate surface area is 137 Å². The van der Waals surface area contributed by atoms with E-state index in [1.54, 1.807) is 12.4 Å². The van der Waals surface area contributed by atoms with Gasteiger partial charge < -0.3 is 0 Å². The first-order valence-electron chi connectivity index (χ1n) is 7.46. The predicted molar refractivity (Wildman–Crippen MR) is 96.2 cm³/mol. The molecule has 1 aromatic heterocycles. The molecule has 0 fully saturated rings. The maximum Gasteiger partial charge on any atom is 0.222 e. The lowest BCUT2D eigenvalue weighted by molar-refractivity contribution is 1.17. The summed E-state index contributed by atoms with van der Waals surface area (Å²) in [5, 5.41) is 7.90. The van der Waals surface area contributed by atoms with Gasteiger partial charge in [-0.15, -0.1) is 0 Å². The highest BCUT2D eigenvalue weighted by molar-refractivity contribution is 6.28. The summed E-state index contributed by atoms with van der Waals surface area (Å²) < 4.78 is 0. The summed E-state index contributed by atoms with van der Waals surface area (Å²) in [5.41, 5.74) is 2.11. The van der Waals surface area contributed by atoms with Gasteiger partial charge in [-0.3, -0.25) is 0 Å². The van der Waals surface area contributed by atoms with Crippen molar-refractivity contribution in [2.24, 2.45) is 0 Å². The molecule has 5 aromatic rings. The minimum absolute atomic E-state index is 0.270. The van der Waals surface area contributed by atoms with Gasteiger partial charge in [-0.2, -0.15) is 0 Å². The molecule has 0 spiro atoms. The van der Waals surface area contributed by atoms with Crippen molar-refractivity contribution in [3.63, 3.8) is 0 Å². The molecule has 0 bridgehead atoms. The fraction of sp³-hybridized carbons (Fsp3) is 0. The Morgan fingerprint density at radius 1 is 0.652 bits per heavy atom. The van der Waals surface area contributed by atoms with E-state index in [4.69, 9.17) is 11.6 Å². The van der Waals surface area contributed by atoms with E-state index in [0.29, 0.717) is 0 Å². The molecule has 0 aliphatic heterocycles. The number of rotatable bonds is 1. The molecule has 0 amide bonds. The number of aromatic nitrogens is 2. The molecular formula is C20H11ClN2. The summed E-state index contributed by atoms with van der Waals surface area (Å²) in [5.74, 6) is 0. The van der Waals surface area contributed by atoms with Crippen molar-refractivity contribution in [1.29, 1.82) is 0 Å². The third-order valence-electron chi connectivity index (χ3n) is 4.46. The number of nitrogens with zero attached hydrogens (tertiary/aromatic N) is 2. The Morgan fingerprint density at radius 2 is 1.26 bits per heavy atom. The van der Waals surface area contributed by atoms with E-state index < -0.39 is 0 Å². The van der Waals surface area contributed by atoms with Crippen molar-refractivity contribution < 1.29 is 0 Å². The van der Waals surface area contributed by atoms with Crippen LogP contribution in [0.4, 0.5) is 0 Å². The Kier molecular flexibility index (Phi) is 2.58. The van der Waals surface area contributed by atoms with Gasteiger partial charge in [-0.1, -0.05) is 54.6 Å². The van der Waals surface area contributed by atoms with Crippen LogP contribution < -0.4 is 0 Å². The Bertz CT molecular complexity index is 1150. The molecule has 0 N–H and O–H groups in total. The van der Waals surface area contributed by atoms with Gasteiger partial charge in [-0.25, -0.2) is 9.97 Å². The van der Waals surface area contributed by atoms with Crippen LogP contribution in [0.3, 0.4) is 0 Å². The zero-order valence-corrected chi connectivity index (χ0v) is 12.9. The van der Waals surface area contributed by atoms with Crippen LogP contribution in [-0.2, 0) is 0 Å². The molecule has 1 heterocycles. The fourth-order valence-corrected chi connectivity index (χ4v) is 3.54. The van der Waals surface area contributed by atoms with Crippen molar-refractivity contribution in [2.75, 3.05) is 0 Å². The zero-order valence-electron chi connectivity index (χ0n) is 12.1. The smallest absolute Gasteiger partial charge is 0.222 e. The van der Waals surface area contributed by atoms with Crippen LogP contribution in [0.5, 0.6) is 0 Å². The molecule has 0 unspecified atom stereocenters. The number of halogens is 1. The minimum atomic E-state index is 0.270. The summed E-state index contributed by atoms with van der Waals surface area (Å²) in [4.78, 5) is 8.24. The van der Waals surface area contributed by atoms with E-state index in [0.717, 1.165) is 11.1 Å². The maximum atomic E-state index is 5.82. The van der Waals surface area contributed by atoms with Crippen molar-refractivity contribution in [1.82, 2.24) is 9.97 Å². The van der Waals surface area contributed by atoms with Gasteiger partial charge in [0.1, 0.15) is 0 Å². The highest BCUT2D eigenvalue weighted by atomic mass is 35.5. The Hall–Kier alpha value is -2.71. The van der Waals surface area contributed by atoms with Gasteiger partial charge in [0, 0.05) is 18.0 Å². The zero-order chi connectivity index (χ0) is 15.4. The average molecular weight is 315 g/mol. The quantitative estimate of drug-likeness (QED) is 0.293. The minimum Gasteiger partial charge on any atom is -0.226 e. The highest BCUT2D eigenvalue weighted by Gasteiger charge is 2.12. The van der Waals surface area contributed by atoms with E-state index in [1.807, 2.05) is 0 Å². The predicted octanol–water partition coefficient (Wildman–Crippen LogP) is 5.69. The molecule has 0 saturated heterocycles. The standard InChI is InChI=1S/C20H11ClN2/c21-20-22-10-15(11-23-20)16-8-6-14-5-4-12-2-1-3-13-7-9-17(16)19(14)18(12)13/h1-11H. The number of hydrogen-bond acceptors (Lipinski definition) is 2. The van der Waals surface area contributed by atoms with Crippen LogP contribution >= 0.6 is 11.6 Å². The van der Waals surface area contributed by atoms with Crippen LogP contribution in [0.15, 0.2) is 67.0 Å². The molecule has 0 aliphatic carbocycles. The Morgan fingerprint density at radius 3 is 2.00 bits per heavy atom. The second kappa shape index (κ2) is 4.64. The normalized spacial score (nSPS) is 11.7. The monoisotopic (exact) mass is 314 g/mol. The fourth-order valence-electron chi connectivity index (χ4n) is 3.44. The first-order valence-corrected chi connectivity index (χ1v) is 7.83. The summed E-state index contributed by atoms with van der Waals surface area (Å²) in [6, 6.07) is 19.5. The Balaban J connectivity index is 1.96. The van der Waals surface area contributed by atoms with Gasteiger partial charge in [0.25, 0.3) is 0 Å². The molecule has 0 radical (unpaired) electrons. The molecule has 0 saturated carbocycles. The number of benzene rings is 4. The van der Waals surface area contributed by atoms with Crippen LogP contribution in [-0.4, -0.2) is 9.97 Å². The van der Waals surface area contributed by atoms with Crippen LogP contribution in [0.2, 0.25) is 5.28 Å². The third-order valence-corrected chi connectivity index (χ3v) is 4.66. The van der Waals surface area contributed by atoms with Crippen LogP contribution in [0.25, 0.3) is 43.4 Å². The summed E-state index contributed by atoms with van der Waals surface area (Å²) in [6.07, 6.45) is 3.56. The summed E-state index contributed by atoms with van der Waals surface area (Å²) in [7, 11) is 0. The second-order valence-electron chi connectivity index (χ2n) is 5.71. The van der Waals surface area contributed by atoms with Crippen LogP contribution in [0, 0.1) is 0 Å². The first-order chi connectivity index (χ1) is 11.3. The topological polar surface area (TPSA) is 25.8 Å². The molecule has 108 valence electrons. The van der Waals surface area contributed by atoms with E-state index in [-0.39, 0.29) is 5.28 Å². The summed E-state index contributed by atoms with van der Waals surface area (Å²) in [6.45, 7) is 0. The lowest BCUT2D eigenvalue weighted by atomic mass is 9.90. The molecule has 0 aliphatic rings. The molecule has 5 rings (SSSR count). The first kappa shape index (κ1) is 12.8. The van der Waals surface area contributed by atoms with Gasteiger partial charge in [-0.05, 0) is 49.5 Å². The van der Waals surface area contributed by atoms with E-state index in [2.05, 4.69) is 64.6 Å². The summed E-state index contributed by atoms with van der Waals surface area (Å²) >= 11 is 5.82. The maximum absolute atomic E-state index is 5.82. The van der Waals surface area contributed by atoms with E-state index in [1.165, 1.54) is 32.3 Å². The highest BCUT2D eigenvalue weighted by Crippen LogP contribution is 2.38. The lowest BCUT2D eigenvalue weighted by Crippen LogP contribution is -1.89. The van der Waals surface area contributed by atoms with Gasteiger partial charge in [0.05, 0.1) is 0 Å². The van der Waals surface area contributed by atoms with Crippen molar-refractivity contribution >= 4 is 43.9 Å². The van der Waals surface area contributed by atoms with E-state index >= 15 is 0 Å². The molecule has 2 nitrogen and oxygen atoms in total. The molecule has 4 aromatic carbocycles. The average Bonchev–Trinajstić information content (AvgIpc) is 2.60. The van der Waals surface area contributed by atoms with E-state index in [9.17, 15) is 0 Å². The van der Waals surface area contributed by atoms with Crippen molar-refractivity contribution in [3.05, 3.63) is 72.3 Å². The lowest BCUT2D eigenvalue weighted by Gasteiger charge is -2.13. The van der Waals surface area contributed by atoms with Gasteiger partial charge in [0.15, 0.2) is 0 Å². The van der Waals surface area contributed by atoms with Crippen molar-refractivity contribution in [2.45, 2.75) is 0 Å². The van der Waals surface area contributed by atoms with Gasteiger partial charge in [0.2, 0.25) is 5.28 Å². The second-order valence-corrected chi connectivity index (χ2v) is 6.05. The number of hydrogen-bond donors (Lipinski definition) is 0. The molecule has 23 heavy (non-hydrogen) atoms. The third kappa shape index (κ3) is 1.82. The van der Waals surface area contributed by atoms with Crippen molar-refractivity contribution in [3.8, 4) is 11.1 Å². The van der Waals surface area contributed by atoms with Crippen LogP contribution in [0.1, 0.15) is 0 Å². The molecule has 0 atom stereocenters. The van der Waals surface area contributed by atoms with Gasteiger partial charge >= 0.3 is 0 Å².